The number of aryl methyl sites for hydroxylation is 1. The van der Waals surface area contributed by atoms with Crippen molar-refractivity contribution < 1.29 is 14.6 Å². The van der Waals surface area contributed by atoms with Gasteiger partial charge < -0.3 is 9.84 Å². The monoisotopic (exact) mass is 243 g/mol. The second-order valence-electron chi connectivity index (χ2n) is 3.92. The van der Waals surface area contributed by atoms with Crippen molar-refractivity contribution in [1.29, 1.82) is 0 Å². The van der Waals surface area contributed by atoms with Gasteiger partial charge in [-0.05, 0) is 18.6 Å². The van der Waals surface area contributed by atoms with Gasteiger partial charge in [0.25, 0.3) is 0 Å². The molecule has 18 heavy (non-hydrogen) atoms. The summed E-state index contributed by atoms with van der Waals surface area (Å²) >= 11 is 0. The Labute approximate surface area is 105 Å². The molecule has 1 heterocycles. The maximum atomic E-state index is 11.2. The number of benzene rings is 1. The van der Waals surface area contributed by atoms with E-state index in [1.54, 1.807) is 12.1 Å². The predicted octanol–water partition coefficient (Wildman–Crippen LogP) is 2.76. The zero-order valence-electron chi connectivity index (χ0n) is 10.2. The third kappa shape index (κ3) is 2.32. The van der Waals surface area contributed by atoms with Gasteiger partial charge in [0, 0.05) is 11.6 Å². The lowest BCUT2D eigenvalue weighted by molar-refractivity contribution is 0.0690. The van der Waals surface area contributed by atoms with Crippen LogP contribution in [0.15, 0.2) is 36.4 Å². The van der Waals surface area contributed by atoms with Crippen LogP contribution < -0.4 is 4.74 Å². The summed E-state index contributed by atoms with van der Waals surface area (Å²) in [7, 11) is 1.46. The van der Waals surface area contributed by atoms with Gasteiger partial charge in [0.1, 0.15) is 0 Å². The number of carboxylic acid groups (broad SMARTS) is 1. The van der Waals surface area contributed by atoms with Crippen molar-refractivity contribution in [3.8, 4) is 17.0 Å². The quantitative estimate of drug-likeness (QED) is 0.900. The molecule has 0 unspecified atom stereocenters. The Morgan fingerprint density at radius 2 is 1.83 bits per heavy atom. The summed E-state index contributed by atoms with van der Waals surface area (Å²) in [5, 5.41) is 9.18. The minimum absolute atomic E-state index is 0.00166. The van der Waals surface area contributed by atoms with E-state index in [1.165, 1.54) is 7.11 Å². The van der Waals surface area contributed by atoms with Crippen LogP contribution in [-0.2, 0) is 0 Å². The molecule has 4 heteroatoms. The molecule has 0 aliphatic heterocycles. The summed E-state index contributed by atoms with van der Waals surface area (Å²) in [4.78, 5) is 15.2. The number of hydrogen-bond donors (Lipinski definition) is 1. The summed E-state index contributed by atoms with van der Waals surface area (Å²) < 4.78 is 4.94. The molecule has 0 spiro atoms. The minimum Gasteiger partial charge on any atom is -0.481 e. The first-order valence-electron chi connectivity index (χ1n) is 5.47. The molecule has 1 aromatic carbocycles. The van der Waals surface area contributed by atoms with E-state index in [9.17, 15) is 9.90 Å². The molecule has 0 atom stereocenters. The molecular formula is C14H13NO3. The van der Waals surface area contributed by atoms with E-state index in [0.717, 1.165) is 11.1 Å². The number of hydrogen-bond acceptors (Lipinski definition) is 3. The fourth-order valence-electron chi connectivity index (χ4n) is 1.68. The van der Waals surface area contributed by atoms with Crippen molar-refractivity contribution in [3.63, 3.8) is 0 Å². The molecular weight excluding hydrogens is 230 g/mol. The average molecular weight is 243 g/mol. The summed E-state index contributed by atoms with van der Waals surface area (Å²) in [6.45, 7) is 1.98. The largest absolute Gasteiger partial charge is 0.481 e. The first-order valence-corrected chi connectivity index (χ1v) is 5.47. The van der Waals surface area contributed by atoms with Gasteiger partial charge in [0.2, 0.25) is 5.88 Å². The zero-order valence-corrected chi connectivity index (χ0v) is 10.2. The maximum absolute atomic E-state index is 11.2. The number of ether oxygens (including phenoxy) is 1. The second-order valence-corrected chi connectivity index (χ2v) is 3.92. The molecule has 0 saturated carbocycles. The van der Waals surface area contributed by atoms with Crippen LogP contribution in [0.2, 0.25) is 0 Å². The van der Waals surface area contributed by atoms with Crippen molar-refractivity contribution in [3.05, 3.63) is 47.7 Å². The van der Waals surface area contributed by atoms with Crippen molar-refractivity contribution in [1.82, 2.24) is 4.98 Å². The third-order valence-corrected chi connectivity index (χ3v) is 2.64. The van der Waals surface area contributed by atoms with Crippen LogP contribution in [0.5, 0.6) is 5.88 Å². The third-order valence-electron chi connectivity index (χ3n) is 2.64. The molecule has 0 bridgehead atoms. The molecule has 0 aliphatic carbocycles. The summed E-state index contributed by atoms with van der Waals surface area (Å²) in [6.07, 6.45) is 0. The number of carbonyl (C=O) groups is 1. The normalized spacial score (nSPS) is 10.1. The average Bonchev–Trinajstić information content (AvgIpc) is 2.39. The van der Waals surface area contributed by atoms with Gasteiger partial charge in [-0.3, -0.25) is 0 Å². The molecule has 0 fully saturated rings. The van der Waals surface area contributed by atoms with Gasteiger partial charge in [0.05, 0.1) is 7.11 Å². The van der Waals surface area contributed by atoms with Crippen molar-refractivity contribution in [2.24, 2.45) is 0 Å². The predicted molar refractivity (Wildman–Crippen MR) is 67.9 cm³/mol. The Balaban J connectivity index is 2.56. The van der Waals surface area contributed by atoms with Crippen molar-refractivity contribution >= 4 is 5.97 Å². The fraction of sp³-hybridized carbons (Fsp3) is 0.143. The molecule has 92 valence electrons. The van der Waals surface area contributed by atoms with E-state index in [1.807, 2.05) is 31.2 Å². The first-order chi connectivity index (χ1) is 8.61. The topological polar surface area (TPSA) is 59.4 Å². The van der Waals surface area contributed by atoms with Crippen LogP contribution in [0.4, 0.5) is 0 Å². The fourth-order valence-corrected chi connectivity index (χ4v) is 1.68. The summed E-state index contributed by atoms with van der Waals surface area (Å²) in [5.74, 6) is -0.771. The lowest BCUT2D eigenvalue weighted by Gasteiger charge is -2.07. The number of rotatable bonds is 3. The highest BCUT2D eigenvalue weighted by atomic mass is 16.5. The van der Waals surface area contributed by atoms with Gasteiger partial charge in [-0.1, -0.05) is 29.8 Å². The highest BCUT2D eigenvalue weighted by molar-refractivity contribution is 5.94. The van der Waals surface area contributed by atoms with Crippen LogP contribution in [0, 0.1) is 6.92 Å². The Hall–Kier alpha value is -2.36. The minimum atomic E-state index is -1.07. The molecule has 0 amide bonds. The van der Waals surface area contributed by atoms with Crippen molar-refractivity contribution in [2.75, 3.05) is 7.11 Å². The molecule has 2 aromatic rings. The van der Waals surface area contributed by atoms with E-state index in [4.69, 9.17) is 4.74 Å². The smallest absolute Gasteiger partial charge is 0.355 e. The van der Waals surface area contributed by atoms with Crippen LogP contribution in [0.25, 0.3) is 11.1 Å². The Bertz CT molecular complexity index is 576. The number of methoxy groups -OCH3 is 1. The molecule has 2 rings (SSSR count). The Morgan fingerprint density at radius 1 is 1.17 bits per heavy atom. The molecule has 4 nitrogen and oxygen atoms in total. The SMILES string of the molecule is COc1ccc(-c2ccc(C)cc2)c(C(=O)O)n1. The molecule has 0 aliphatic rings. The molecule has 0 saturated heterocycles. The van der Waals surface area contributed by atoms with Gasteiger partial charge in [-0.2, -0.15) is 0 Å². The van der Waals surface area contributed by atoms with E-state index >= 15 is 0 Å². The van der Waals surface area contributed by atoms with E-state index in [-0.39, 0.29) is 5.69 Å². The molecule has 1 aromatic heterocycles. The van der Waals surface area contributed by atoms with E-state index in [0.29, 0.717) is 11.4 Å². The highest BCUT2D eigenvalue weighted by Crippen LogP contribution is 2.25. The van der Waals surface area contributed by atoms with Crippen LogP contribution in [-0.4, -0.2) is 23.2 Å². The lowest BCUT2D eigenvalue weighted by atomic mass is 10.0. The highest BCUT2D eigenvalue weighted by Gasteiger charge is 2.14. The van der Waals surface area contributed by atoms with Gasteiger partial charge >= 0.3 is 5.97 Å². The summed E-state index contributed by atoms with van der Waals surface area (Å²) in [5.41, 5.74) is 2.53. The van der Waals surface area contributed by atoms with Gasteiger partial charge in [0.15, 0.2) is 5.69 Å². The van der Waals surface area contributed by atoms with Gasteiger partial charge in [-0.25, -0.2) is 9.78 Å². The number of pyridine rings is 1. The van der Waals surface area contributed by atoms with Crippen molar-refractivity contribution in [2.45, 2.75) is 6.92 Å². The van der Waals surface area contributed by atoms with E-state index in [2.05, 4.69) is 4.98 Å². The van der Waals surface area contributed by atoms with Crippen LogP contribution >= 0.6 is 0 Å². The standard InChI is InChI=1S/C14H13NO3/c1-9-3-5-10(6-4-9)11-7-8-12(18-2)15-13(11)14(16)17/h3-8H,1-2H3,(H,16,17). The number of aromatic carboxylic acids is 1. The van der Waals surface area contributed by atoms with E-state index < -0.39 is 5.97 Å². The maximum Gasteiger partial charge on any atom is 0.355 e. The summed E-state index contributed by atoms with van der Waals surface area (Å²) in [6, 6.07) is 11.0. The van der Waals surface area contributed by atoms with Crippen LogP contribution in [0.3, 0.4) is 0 Å². The molecule has 1 N–H and O–H groups in total. The number of aromatic nitrogens is 1. The van der Waals surface area contributed by atoms with Crippen LogP contribution in [0.1, 0.15) is 16.1 Å². The second kappa shape index (κ2) is 4.87. The zero-order chi connectivity index (χ0) is 13.1. The lowest BCUT2D eigenvalue weighted by Crippen LogP contribution is -2.04. The number of carboxylic acids is 1. The Kier molecular flexibility index (Phi) is 3.28. The van der Waals surface area contributed by atoms with Gasteiger partial charge in [-0.15, -0.1) is 0 Å². The number of nitrogens with zero attached hydrogens (tertiary/aromatic N) is 1. The molecule has 0 radical (unpaired) electrons. The Morgan fingerprint density at radius 3 is 2.39 bits per heavy atom. The first kappa shape index (κ1) is 12.1.